The molecule has 0 fully saturated rings. The molecule has 1 heterocycles. The van der Waals surface area contributed by atoms with Gasteiger partial charge in [0.05, 0.1) is 19.1 Å². The van der Waals surface area contributed by atoms with Crippen LogP contribution in [0.4, 0.5) is 0 Å². The third-order valence-corrected chi connectivity index (χ3v) is 3.17. The van der Waals surface area contributed by atoms with Gasteiger partial charge in [-0.05, 0) is 24.1 Å². The summed E-state index contributed by atoms with van der Waals surface area (Å²) in [6, 6.07) is 8.09. The van der Waals surface area contributed by atoms with E-state index in [4.69, 9.17) is 4.74 Å². The van der Waals surface area contributed by atoms with Gasteiger partial charge in [0.1, 0.15) is 18.1 Å². The fraction of sp³-hybridized carbons (Fsp3) is 0.375. The van der Waals surface area contributed by atoms with Crippen molar-refractivity contribution in [3.8, 4) is 5.75 Å². The second-order valence-electron chi connectivity index (χ2n) is 4.89. The molecule has 112 valence electrons. The van der Waals surface area contributed by atoms with Gasteiger partial charge in [-0.3, -0.25) is 4.79 Å². The molecule has 5 nitrogen and oxygen atoms in total. The zero-order chi connectivity index (χ0) is 15.1. The fourth-order valence-corrected chi connectivity index (χ4v) is 2.04. The van der Waals surface area contributed by atoms with Crippen LogP contribution in [0.3, 0.4) is 0 Å². The van der Waals surface area contributed by atoms with Crippen molar-refractivity contribution in [1.82, 2.24) is 14.9 Å². The van der Waals surface area contributed by atoms with Crippen LogP contribution in [0.25, 0.3) is 0 Å². The highest BCUT2D eigenvalue weighted by Gasteiger charge is 2.08. The molecule has 0 aliphatic heterocycles. The van der Waals surface area contributed by atoms with E-state index in [1.165, 1.54) is 5.56 Å². The standard InChI is InChI=1S/C16H21N3O2/c1-3-4-13-5-7-14(8-6-13)21-10-9-18-16(20)15-11-17-12-19(15)2/h5-8,11-12H,3-4,9-10H2,1-2H3,(H,18,20). The van der Waals surface area contributed by atoms with Gasteiger partial charge >= 0.3 is 0 Å². The van der Waals surface area contributed by atoms with Gasteiger partial charge in [-0.15, -0.1) is 0 Å². The number of hydrogen-bond acceptors (Lipinski definition) is 3. The van der Waals surface area contributed by atoms with Crippen molar-refractivity contribution >= 4 is 5.91 Å². The van der Waals surface area contributed by atoms with Crippen LogP contribution in [0.2, 0.25) is 0 Å². The molecule has 1 amide bonds. The Hall–Kier alpha value is -2.30. The Labute approximate surface area is 125 Å². The lowest BCUT2D eigenvalue weighted by molar-refractivity contribution is 0.0939. The highest BCUT2D eigenvalue weighted by Crippen LogP contribution is 2.13. The van der Waals surface area contributed by atoms with E-state index in [1.807, 2.05) is 12.1 Å². The largest absolute Gasteiger partial charge is 0.492 e. The van der Waals surface area contributed by atoms with Gasteiger partial charge < -0.3 is 14.6 Å². The van der Waals surface area contributed by atoms with Crippen LogP contribution in [0.5, 0.6) is 5.75 Å². The lowest BCUT2D eigenvalue weighted by atomic mass is 10.1. The van der Waals surface area contributed by atoms with Crippen LogP contribution in [-0.4, -0.2) is 28.6 Å². The maximum absolute atomic E-state index is 11.8. The number of nitrogens with one attached hydrogen (secondary N) is 1. The Kier molecular flexibility index (Phi) is 5.37. The van der Waals surface area contributed by atoms with Gasteiger partial charge in [-0.2, -0.15) is 0 Å². The first kappa shape index (κ1) is 15.1. The van der Waals surface area contributed by atoms with Crippen LogP contribution in [0.1, 0.15) is 29.4 Å². The van der Waals surface area contributed by atoms with E-state index in [1.54, 1.807) is 24.1 Å². The van der Waals surface area contributed by atoms with Crippen LogP contribution < -0.4 is 10.1 Å². The first-order chi connectivity index (χ1) is 10.2. The molecule has 0 bridgehead atoms. The Balaban J connectivity index is 1.72. The van der Waals surface area contributed by atoms with Crippen molar-refractivity contribution < 1.29 is 9.53 Å². The van der Waals surface area contributed by atoms with Crippen LogP contribution in [0, 0.1) is 0 Å². The second-order valence-corrected chi connectivity index (χ2v) is 4.89. The summed E-state index contributed by atoms with van der Waals surface area (Å²) in [6.45, 7) is 3.06. The number of aromatic nitrogens is 2. The fourth-order valence-electron chi connectivity index (χ4n) is 2.04. The Morgan fingerprint density at radius 1 is 1.33 bits per heavy atom. The number of nitrogens with zero attached hydrogens (tertiary/aromatic N) is 2. The van der Waals surface area contributed by atoms with E-state index in [0.717, 1.165) is 18.6 Å². The molecular formula is C16H21N3O2. The molecule has 21 heavy (non-hydrogen) atoms. The second kappa shape index (κ2) is 7.47. The van der Waals surface area contributed by atoms with Crippen molar-refractivity contribution in [2.24, 2.45) is 7.05 Å². The highest BCUT2D eigenvalue weighted by atomic mass is 16.5. The van der Waals surface area contributed by atoms with Gasteiger partial charge in [0.25, 0.3) is 5.91 Å². The lowest BCUT2D eigenvalue weighted by Gasteiger charge is -2.08. The zero-order valence-corrected chi connectivity index (χ0v) is 12.5. The van der Waals surface area contributed by atoms with Gasteiger partial charge in [0.2, 0.25) is 0 Å². The lowest BCUT2D eigenvalue weighted by Crippen LogP contribution is -2.29. The smallest absolute Gasteiger partial charge is 0.269 e. The first-order valence-corrected chi connectivity index (χ1v) is 7.17. The number of imidazole rings is 1. The van der Waals surface area contributed by atoms with E-state index in [-0.39, 0.29) is 5.91 Å². The zero-order valence-electron chi connectivity index (χ0n) is 12.5. The molecule has 0 aliphatic carbocycles. The Bertz CT molecular complexity index is 575. The minimum atomic E-state index is -0.142. The summed E-state index contributed by atoms with van der Waals surface area (Å²) in [5.74, 6) is 0.682. The number of amides is 1. The van der Waals surface area contributed by atoms with Gasteiger partial charge in [-0.25, -0.2) is 4.98 Å². The van der Waals surface area contributed by atoms with Crippen LogP contribution in [-0.2, 0) is 13.5 Å². The summed E-state index contributed by atoms with van der Waals surface area (Å²) in [7, 11) is 1.79. The Morgan fingerprint density at radius 2 is 2.10 bits per heavy atom. The average Bonchev–Trinajstić information content (AvgIpc) is 2.92. The van der Waals surface area contributed by atoms with Crippen molar-refractivity contribution in [3.63, 3.8) is 0 Å². The van der Waals surface area contributed by atoms with Gasteiger partial charge in [0, 0.05) is 7.05 Å². The minimum Gasteiger partial charge on any atom is -0.492 e. The molecule has 0 spiro atoms. The maximum Gasteiger partial charge on any atom is 0.269 e. The van der Waals surface area contributed by atoms with Gasteiger partial charge in [-0.1, -0.05) is 25.5 Å². The molecule has 2 aromatic rings. The number of ether oxygens (including phenoxy) is 1. The van der Waals surface area contributed by atoms with Crippen molar-refractivity contribution in [2.75, 3.05) is 13.2 Å². The Morgan fingerprint density at radius 3 is 2.71 bits per heavy atom. The third-order valence-electron chi connectivity index (χ3n) is 3.17. The summed E-state index contributed by atoms with van der Waals surface area (Å²) >= 11 is 0. The monoisotopic (exact) mass is 287 g/mol. The molecule has 0 saturated heterocycles. The molecule has 0 saturated carbocycles. The molecule has 0 atom stereocenters. The highest BCUT2D eigenvalue weighted by molar-refractivity contribution is 5.92. The summed E-state index contributed by atoms with van der Waals surface area (Å²) in [5, 5.41) is 2.80. The third kappa shape index (κ3) is 4.34. The van der Waals surface area contributed by atoms with Crippen molar-refractivity contribution in [1.29, 1.82) is 0 Å². The molecule has 2 rings (SSSR count). The number of aryl methyl sites for hydroxylation is 2. The predicted molar refractivity (Wildman–Crippen MR) is 81.5 cm³/mol. The SMILES string of the molecule is CCCc1ccc(OCCNC(=O)c2cncn2C)cc1. The summed E-state index contributed by atoms with van der Waals surface area (Å²) in [6.07, 6.45) is 5.37. The minimum absolute atomic E-state index is 0.142. The van der Waals surface area contributed by atoms with E-state index >= 15 is 0 Å². The summed E-state index contributed by atoms with van der Waals surface area (Å²) in [4.78, 5) is 15.7. The average molecular weight is 287 g/mol. The molecular weight excluding hydrogens is 266 g/mol. The normalized spacial score (nSPS) is 10.4. The number of hydrogen-bond donors (Lipinski definition) is 1. The van der Waals surface area contributed by atoms with E-state index < -0.39 is 0 Å². The topological polar surface area (TPSA) is 56.1 Å². The molecule has 5 heteroatoms. The van der Waals surface area contributed by atoms with Crippen molar-refractivity contribution in [3.05, 3.63) is 48.0 Å². The molecule has 1 aromatic heterocycles. The maximum atomic E-state index is 11.8. The number of carbonyl (C=O) groups excluding carboxylic acids is 1. The van der Waals surface area contributed by atoms with E-state index in [2.05, 4.69) is 29.4 Å². The number of benzene rings is 1. The molecule has 0 radical (unpaired) electrons. The first-order valence-electron chi connectivity index (χ1n) is 7.17. The summed E-state index contributed by atoms with van der Waals surface area (Å²) < 4.78 is 7.28. The van der Waals surface area contributed by atoms with E-state index in [0.29, 0.717) is 18.8 Å². The van der Waals surface area contributed by atoms with Crippen LogP contribution in [0.15, 0.2) is 36.8 Å². The predicted octanol–water partition coefficient (Wildman–Crippen LogP) is 2.18. The molecule has 1 aromatic carbocycles. The quantitative estimate of drug-likeness (QED) is 0.794. The van der Waals surface area contributed by atoms with Gasteiger partial charge in [0.15, 0.2) is 0 Å². The van der Waals surface area contributed by atoms with Crippen LogP contribution >= 0.6 is 0 Å². The molecule has 0 unspecified atom stereocenters. The summed E-state index contributed by atoms with van der Waals surface area (Å²) in [5.41, 5.74) is 1.85. The molecule has 0 aliphatic rings. The van der Waals surface area contributed by atoms with Crippen molar-refractivity contribution in [2.45, 2.75) is 19.8 Å². The number of rotatable bonds is 7. The number of carbonyl (C=O) groups is 1. The molecule has 1 N–H and O–H groups in total. The van der Waals surface area contributed by atoms with E-state index in [9.17, 15) is 4.79 Å².